The number of carbonyl (C=O) groups is 2. The molecule has 1 aliphatic rings. The van der Waals surface area contributed by atoms with Gasteiger partial charge in [0.1, 0.15) is 21.8 Å². The summed E-state index contributed by atoms with van der Waals surface area (Å²) in [5, 5.41) is 7.25. The van der Waals surface area contributed by atoms with Crippen LogP contribution >= 0.6 is 11.8 Å². The molecule has 0 spiro atoms. The smallest absolute Gasteiger partial charge is 0.260 e. The number of nitrogens with one attached hydrogen (secondary N) is 2. The topological polar surface area (TPSA) is 115 Å². The van der Waals surface area contributed by atoms with Crippen LogP contribution in [0, 0.1) is 0 Å². The normalized spacial score (nSPS) is 15.8. The molecule has 0 fully saturated rings. The molecule has 4 N–H and O–H groups in total. The van der Waals surface area contributed by atoms with Gasteiger partial charge in [-0.25, -0.2) is 4.99 Å². The van der Waals surface area contributed by atoms with Crippen molar-refractivity contribution < 1.29 is 19.1 Å². The predicted molar refractivity (Wildman–Crippen MR) is 161 cm³/mol. The number of aliphatic imine (C=N–C) groups is 1. The zero-order valence-electron chi connectivity index (χ0n) is 22.0. The van der Waals surface area contributed by atoms with E-state index in [0.29, 0.717) is 40.2 Å². The molecule has 0 saturated heterocycles. The molecule has 1 unspecified atom stereocenters. The summed E-state index contributed by atoms with van der Waals surface area (Å²) in [6.07, 6.45) is 0. The van der Waals surface area contributed by atoms with Crippen molar-refractivity contribution in [3.63, 3.8) is 0 Å². The fourth-order valence-corrected chi connectivity index (χ4v) is 5.44. The molecule has 0 aromatic heterocycles. The van der Waals surface area contributed by atoms with Crippen LogP contribution in [0.2, 0.25) is 0 Å². The Morgan fingerprint density at radius 3 is 2.45 bits per heavy atom. The number of nitrogens with two attached hydrogens (primary N) is 1. The Bertz CT molecular complexity index is 1630. The fourth-order valence-electron chi connectivity index (χ4n) is 4.32. The second-order valence-corrected chi connectivity index (χ2v) is 9.97. The van der Waals surface area contributed by atoms with E-state index in [9.17, 15) is 9.59 Å². The lowest BCUT2D eigenvalue weighted by molar-refractivity contribution is -0.115. The van der Waals surface area contributed by atoms with Crippen LogP contribution in [0.1, 0.15) is 6.92 Å². The van der Waals surface area contributed by atoms with Gasteiger partial charge >= 0.3 is 0 Å². The van der Waals surface area contributed by atoms with Gasteiger partial charge in [0.2, 0.25) is 5.91 Å². The maximum Gasteiger partial charge on any atom is 0.260 e. The molecule has 1 atom stereocenters. The van der Waals surface area contributed by atoms with Crippen LogP contribution in [-0.2, 0) is 9.59 Å². The molecule has 40 heavy (non-hydrogen) atoms. The van der Waals surface area contributed by atoms with Crippen LogP contribution in [0.3, 0.4) is 0 Å². The Labute approximate surface area is 236 Å². The summed E-state index contributed by atoms with van der Waals surface area (Å²) in [6.45, 7) is 2.46. The molecule has 5 rings (SSSR count). The standard InChI is InChI=1S/C31H28N4O4S/c1-3-39-22-16-14-20(15-17-22)34-31-26(29(36)33-21-10-7-11-23(18-21)38-2)27(32)28(40-31)30(37)35-25-13-6-9-19-8-4-5-12-24(19)25/h4-18,28H,3,32H2,1-2H3,(H,33,36)(H,35,37). The quantitative estimate of drug-likeness (QED) is 0.251. The van der Waals surface area contributed by atoms with Crippen molar-refractivity contribution in [3.05, 3.63) is 102 Å². The summed E-state index contributed by atoms with van der Waals surface area (Å²) in [5.41, 5.74) is 8.59. The van der Waals surface area contributed by atoms with E-state index in [1.165, 1.54) is 0 Å². The molecule has 4 aromatic carbocycles. The molecular weight excluding hydrogens is 524 g/mol. The minimum atomic E-state index is -0.855. The number of thioether (sulfide) groups is 1. The molecule has 9 heteroatoms. The number of nitrogens with zero attached hydrogens (tertiary/aromatic N) is 1. The Morgan fingerprint density at radius 1 is 0.925 bits per heavy atom. The zero-order valence-corrected chi connectivity index (χ0v) is 22.8. The van der Waals surface area contributed by atoms with Gasteiger partial charge in [0.05, 0.1) is 25.0 Å². The SMILES string of the molecule is CCOc1ccc(N=C2SC(C(=O)Nc3cccc4ccccc34)C(N)=C2C(=O)Nc2cccc(OC)c2)cc1. The number of hydrogen-bond donors (Lipinski definition) is 3. The van der Waals surface area contributed by atoms with Crippen molar-refractivity contribution in [3.8, 4) is 11.5 Å². The van der Waals surface area contributed by atoms with E-state index in [1.807, 2.05) is 49.4 Å². The van der Waals surface area contributed by atoms with Crippen LogP contribution in [0.25, 0.3) is 10.8 Å². The summed E-state index contributed by atoms with van der Waals surface area (Å²) >= 11 is 1.14. The molecule has 0 saturated carbocycles. The van der Waals surface area contributed by atoms with E-state index in [-0.39, 0.29) is 17.2 Å². The van der Waals surface area contributed by atoms with Crippen molar-refractivity contribution in [2.75, 3.05) is 24.4 Å². The maximum absolute atomic E-state index is 13.5. The molecular formula is C31H28N4O4S. The molecule has 0 radical (unpaired) electrons. The lowest BCUT2D eigenvalue weighted by Crippen LogP contribution is -2.29. The Kier molecular flexibility index (Phi) is 8.02. The summed E-state index contributed by atoms with van der Waals surface area (Å²) in [4.78, 5) is 31.8. The summed E-state index contributed by atoms with van der Waals surface area (Å²) < 4.78 is 10.8. The van der Waals surface area contributed by atoms with Gasteiger partial charge in [-0.05, 0) is 54.8 Å². The number of ether oxygens (including phenoxy) is 2. The molecule has 4 aromatic rings. The van der Waals surface area contributed by atoms with E-state index >= 15 is 0 Å². The minimum Gasteiger partial charge on any atom is -0.497 e. The van der Waals surface area contributed by atoms with Gasteiger partial charge in [-0.2, -0.15) is 0 Å². The predicted octanol–water partition coefficient (Wildman–Crippen LogP) is 5.88. The van der Waals surface area contributed by atoms with Gasteiger partial charge in [0, 0.05) is 28.5 Å². The Hall–Kier alpha value is -4.76. The van der Waals surface area contributed by atoms with Crippen molar-refractivity contribution in [2.45, 2.75) is 12.2 Å². The number of carbonyl (C=O) groups excluding carboxylic acids is 2. The lowest BCUT2D eigenvalue weighted by atomic mass is 10.1. The highest BCUT2D eigenvalue weighted by atomic mass is 32.2. The first-order chi connectivity index (χ1) is 19.5. The summed E-state index contributed by atoms with van der Waals surface area (Å²) in [5.74, 6) is 0.492. The van der Waals surface area contributed by atoms with E-state index < -0.39 is 11.2 Å². The minimum absolute atomic E-state index is 0.132. The number of hydrogen-bond acceptors (Lipinski definition) is 7. The van der Waals surface area contributed by atoms with E-state index in [1.54, 1.807) is 55.6 Å². The summed E-state index contributed by atoms with van der Waals surface area (Å²) in [7, 11) is 1.55. The van der Waals surface area contributed by atoms with Crippen LogP contribution in [-0.4, -0.2) is 35.8 Å². The first kappa shape index (κ1) is 26.8. The molecule has 0 aliphatic carbocycles. The second-order valence-electron chi connectivity index (χ2n) is 8.87. The highest BCUT2D eigenvalue weighted by Gasteiger charge is 2.38. The number of methoxy groups -OCH3 is 1. The summed E-state index contributed by atoms with van der Waals surface area (Å²) in [6, 6.07) is 27.6. The van der Waals surface area contributed by atoms with Crippen molar-refractivity contribution in [1.29, 1.82) is 0 Å². The third-order valence-corrected chi connectivity index (χ3v) is 7.46. The monoisotopic (exact) mass is 552 g/mol. The Balaban J connectivity index is 1.47. The largest absolute Gasteiger partial charge is 0.497 e. The number of rotatable bonds is 8. The first-order valence-corrected chi connectivity index (χ1v) is 13.6. The van der Waals surface area contributed by atoms with Crippen molar-refractivity contribution in [1.82, 2.24) is 0 Å². The third-order valence-electron chi connectivity index (χ3n) is 6.23. The van der Waals surface area contributed by atoms with Gasteiger partial charge in [-0.1, -0.05) is 54.2 Å². The number of anilines is 2. The molecule has 0 bridgehead atoms. The number of fused-ring (bicyclic) bond motifs is 1. The fraction of sp³-hybridized carbons (Fsp3) is 0.129. The molecule has 1 heterocycles. The van der Waals surface area contributed by atoms with Crippen LogP contribution in [0.5, 0.6) is 11.5 Å². The van der Waals surface area contributed by atoms with Crippen LogP contribution < -0.4 is 25.8 Å². The van der Waals surface area contributed by atoms with Crippen LogP contribution in [0.4, 0.5) is 17.1 Å². The number of amides is 2. The number of benzene rings is 4. The van der Waals surface area contributed by atoms with Crippen LogP contribution in [0.15, 0.2) is 107 Å². The maximum atomic E-state index is 13.5. The second kappa shape index (κ2) is 12.0. The average Bonchev–Trinajstić information content (AvgIpc) is 3.30. The van der Waals surface area contributed by atoms with Gasteiger partial charge in [0.25, 0.3) is 5.91 Å². The first-order valence-electron chi connectivity index (χ1n) is 12.7. The zero-order chi connectivity index (χ0) is 28.1. The van der Waals surface area contributed by atoms with Crippen molar-refractivity contribution >= 4 is 56.5 Å². The van der Waals surface area contributed by atoms with Crippen molar-refractivity contribution in [2.24, 2.45) is 10.7 Å². The lowest BCUT2D eigenvalue weighted by Gasteiger charge is -2.13. The third kappa shape index (κ3) is 5.79. The highest BCUT2D eigenvalue weighted by molar-refractivity contribution is 8.16. The van der Waals surface area contributed by atoms with E-state index in [4.69, 9.17) is 20.2 Å². The molecule has 2 amide bonds. The van der Waals surface area contributed by atoms with Gasteiger partial charge in [-0.15, -0.1) is 0 Å². The van der Waals surface area contributed by atoms with Gasteiger partial charge < -0.3 is 25.8 Å². The van der Waals surface area contributed by atoms with E-state index in [0.717, 1.165) is 22.5 Å². The average molecular weight is 553 g/mol. The van der Waals surface area contributed by atoms with Gasteiger partial charge in [0.15, 0.2) is 0 Å². The van der Waals surface area contributed by atoms with E-state index in [2.05, 4.69) is 10.6 Å². The Morgan fingerprint density at radius 2 is 1.68 bits per heavy atom. The molecule has 8 nitrogen and oxygen atoms in total. The molecule has 1 aliphatic heterocycles. The highest BCUT2D eigenvalue weighted by Crippen LogP contribution is 2.37. The van der Waals surface area contributed by atoms with Gasteiger partial charge in [-0.3, -0.25) is 9.59 Å². The molecule has 202 valence electrons.